The first-order chi connectivity index (χ1) is 8.74. The number of carbonyl (C=O) groups excluding carboxylic acids is 1. The Morgan fingerprint density at radius 2 is 2.39 bits per heavy atom. The predicted octanol–water partition coefficient (Wildman–Crippen LogP) is 0.488. The molecule has 2 fully saturated rings. The van der Waals surface area contributed by atoms with Gasteiger partial charge in [-0.25, -0.2) is 0 Å². The highest BCUT2D eigenvalue weighted by atomic mass is 16.2. The van der Waals surface area contributed by atoms with Gasteiger partial charge in [0, 0.05) is 32.3 Å². The standard InChI is InChI=1S/C13H20N4O/c1-16-8-11(7-15-16)10-4-6-17(9-10)13(18)12-3-2-5-14-12/h7-8,10,12,14H,2-6,9H2,1H3. The van der Waals surface area contributed by atoms with Crippen LogP contribution in [0.1, 0.15) is 30.7 Å². The first kappa shape index (κ1) is 11.7. The molecule has 1 aromatic heterocycles. The number of amides is 1. The lowest BCUT2D eigenvalue weighted by molar-refractivity contribution is -0.132. The van der Waals surface area contributed by atoms with E-state index in [2.05, 4.69) is 16.6 Å². The normalized spacial score (nSPS) is 27.9. The molecule has 0 spiro atoms. The van der Waals surface area contributed by atoms with E-state index in [-0.39, 0.29) is 6.04 Å². The summed E-state index contributed by atoms with van der Waals surface area (Å²) >= 11 is 0. The van der Waals surface area contributed by atoms with Crippen molar-refractivity contribution in [3.05, 3.63) is 18.0 Å². The summed E-state index contributed by atoms with van der Waals surface area (Å²) in [5.41, 5.74) is 1.26. The summed E-state index contributed by atoms with van der Waals surface area (Å²) in [6.07, 6.45) is 7.16. The molecule has 98 valence electrons. The highest BCUT2D eigenvalue weighted by Gasteiger charge is 2.32. The monoisotopic (exact) mass is 248 g/mol. The number of hydrogen-bond acceptors (Lipinski definition) is 3. The maximum Gasteiger partial charge on any atom is 0.239 e. The number of likely N-dealkylation sites (tertiary alicyclic amines) is 1. The van der Waals surface area contributed by atoms with E-state index in [4.69, 9.17) is 0 Å². The van der Waals surface area contributed by atoms with Crippen LogP contribution in [-0.2, 0) is 11.8 Å². The number of rotatable bonds is 2. The van der Waals surface area contributed by atoms with Crippen molar-refractivity contribution in [2.75, 3.05) is 19.6 Å². The fourth-order valence-electron chi connectivity index (χ4n) is 3.00. The minimum atomic E-state index is 0.0673. The van der Waals surface area contributed by atoms with Crippen LogP contribution in [-0.4, -0.2) is 46.3 Å². The summed E-state index contributed by atoms with van der Waals surface area (Å²) in [4.78, 5) is 14.3. The Hall–Kier alpha value is -1.36. The van der Waals surface area contributed by atoms with Crippen LogP contribution in [0.25, 0.3) is 0 Å². The molecule has 0 radical (unpaired) electrons. The van der Waals surface area contributed by atoms with E-state index in [0.29, 0.717) is 11.8 Å². The summed E-state index contributed by atoms with van der Waals surface area (Å²) < 4.78 is 1.83. The Labute approximate surface area is 107 Å². The largest absolute Gasteiger partial charge is 0.341 e. The number of nitrogens with zero attached hydrogens (tertiary/aromatic N) is 3. The SMILES string of the molecule is Cn1cc(C2CCN(C(=O)C3CCCN3)C2)cn1. The number of aromatic nitrogens is 2. The van der Waals surface area contributed by atoms with Crippen molar-refractivity contribution < 1.29 is 4.79 Å². The second-order valence-electron chi connectivity index (χ2n) is 5.37. The van der Waals surface area contributed by atoms with Gasteiger partial charge in [-0.05, 0) is 31.4 Å². The van der Waals surface area contributed by atoms with Crippen LogP contribution >= 0.6 is 0 Å². The Morgan fingerprint density at radius 3 is 3.06 bits per heavy atom. The van der Waals surface area contributed by atoms with Gasteiger partial charge >= 0.3 is 0 Å². The summed E-state index contributed by atoms with van der Waals surface area (Å²) in [6.45, 7) is 2.72. The number of hydrogen-bond donors (Lipinski definition) is 1. The van der Waals surface area contributed by atoms with Crippen LogP contribution in [0, 0.1) is 0 Å². The van der Waals surface area contributed by atoms with Crippen molar-refractivity contribution in [1.82, 2.24) is 20.0 Å². The van der Waals surface area contributed by atoms with Crippen molar-refractivity contribution in [3.63, 3.8) is 0 Å². The van der Waals surface area contributed by atoms with Gasteiger partial charge in [0.25, 0.3) is 0 Å². The molecule has 3 rings (SSSR count). The van der Waals surface area contributed by atoms with Crippen molar-refractivity contribution in [1.29, 1.82) is 0 Å². The minimum absolute atomic E-state index is 0.0673. The lowest BCUT2D eigenvalue weighted by Gasteiger charge is -2.20. The lowest BCUT2D eigenvalue weighted by atomic mass is 10.0. The summed E-state index contributed by atoms with van der Waals surface area (Å²) in [5.74, 6) is 0.753. The first-order valence-electron chi connectivity index (χ1n) is 6.75. The third-order valence-electron chi connectivity index (χ3n) is 4.05. The van der Waals surface area contributed by atoms with Gasteiger partial charge in [-0.3, -0.25) is 9.48 Å². The zero-order valence-corrected chi connectivity index (χ0v) is 10.8. The van der Waals surface area contributed by atoms with Crippen LogP contribution in [0.15, 0.2) is 12.4 Å². The second-order valence-corrected chi connectivity index (χ2v) is 5.37. The topological polar surface area (TPSA) is 50.2 Å². The van der Waals surface area contributed by atoms with Gasteiger partial charge in [0.1, 0.15) is 0 Å². The molecule has 2 aliphatic rings. The van der Waals surface area contributed by atoms with Crippen molar-refractivity contribution in [2.24, 2.45) is 7.05 Å². The van der Waals surface area contributed by atoms with Crippen LogP contribution in [0.3, 0.4) is 0 Å². The molecule has 0 aliphatic carbocycles. The van der Waals surface area contributed by atoms with Gasteiger partial charge < -0.3 is 10.2 Å². The molecule has 18 heavy (non-hydrogen) atoms. The molecule has 0 bridgehead atoms. The Morgan fingerprint density at radius 1 is 1.50 bits per heavy atom. The number of nitrogens with one attached hydrogen (secondary N) is 1. The van der Waals surface area contributed by atoms with Crippen molar-refractivity contribution in [2.45, 2.75) is 31.2 Å². The van der Waals surface area contributed by atoms with E-state index >= 15 is 0 Å². The quantitative estimate of drug-likeness (QED) is 0.828. The zero-order valence-electron chi connectivity index (χ0n) is 10.8. The smallest absolute Gasteiger partial charge is 0.239 e. The van der Waals surface area contributed by atoms with E-state index in [1.165, 1.54) is 5.56 Å². The van der Waals surface area contributed by atoms with Crippen molar-refractivity contribution in [3.8, 4) is 0 Å². The maximum absolute atomic E-state index is 12.3. The van der Waals surface area contributed by atoms with E-state index in [0.717, 1.165) is 38.9 Å². The Bertz CT molecular complexity index is 436. The third-order valence-corrected chi connectivity index (χ3v) is 4.05. The Balaban J connectivity index is 1.62. The highest BCUT2D eigenvalue weighted by Crippen LogP contribution is 2.27. The Kier molecular flexibility index (Phi) is 3.07. The first-order valence-corrected chi connectivity index (χ1v) is 6.75. The molecular weight excluding hydrogens is 228 g/mol. The van der Waals surface area contributed by atoms with E-state index in [1.807, 2.05) is 22.8 Å². The van der Waals surface area contributed by atoms with Gasteiger partial charge in [0.05, 0.1) is 12.2 Å². The average molecular weight is 248 g/mol. The fraction of sp³-hybridized carbons (Fsp3) is 0.692. The highest BCUT2D eigenvalue weighted by molar-refractivity contribution is 5.82. The molecular formula is C13H20N4O. The maximum atomic E-state index is 12.3. The molecule has 0 saturated carbocycles. The molecule has 2 saturated heterocycles. The molecule has 5 nitrogen and oxygen atoms in total. The molecule has 0 aromatic carbocycles. The third kappa shape index (κ3) is 2.14. The van der Waals surface area contributed by atoms with Gasteiger partial charge in [0.2, 0.25) is 5.91 Å². The zero-order chi connectivity index (χ0) is 12.5. The van der Waals surface area contributed by atoms with E-state index in [9.17, 15) is 4.79 Å². The summed E-state index contributed by atoms with van der Waals surface area (Å²) in [5, 5.41) is 7.49. The van der Waals surface area contributed by atoms with Crippen LogP contribution in [0.5, 0.6) is 0 Å². The molecule has 5 heteroatoms. The molecule has 1 aromatic rings. The van der Waals surface area contributed by atoms with Gasteiger partial charge in [-0.1, -0.05) is 0 Å². The molecule has 2 atom stereocenters. The van der Waals surface area contributed by atoms with Crippen LogP contribution in [0.2, 0.25) is 0 Å². The lowest BCUT2D eigenvalue weighted by Crippen LogP contribution is -2.42. The molecule has 1 N–H and O–H groups in total. The summed E-state index contributed by atoms with van der Waals surface area (Å²) in [7, 11) is 1.93. The molecule has 1 amide bonds. The molecule has 2 aliphatic heterocycles. The fourth-order valence-corrected chi connectivity index (χ4v) is 3.00. The van der Waals surface area contributed by atoms with Gasteiger partial charge in [-0.2, -0.15) is 5.10 Å². The number of carbonyl (C=O) groups is 1. The molecule has 2 unspecified atom stereocenters. The van der Waals surface area contributed by atoms with Crippen LogP contribution in [0.4, 0.5) is 0 Å². The summed E-state index contributed by atoms with van der Waals surface area (Å²) in [6, 6.07) is 0.0673. The van der Waals surface area contributed by atoms with E-state index in [1.54, 1.807) is 0 Å². The second kappa shape index (κ2) is 4.72. The average Bonchev–Trinajstić information content (AvgIpc) is 3.09. The minimum Gasteiger partial charge on any atom is -0.341 e. The van der Waals surface area contributed by atoms with Crippen molar-refractivity contribution >= 4 is 5.91 Å². The van der Waals surface area contributed by atoms with E-state index < -0.39 is 0 Å². The number of aryl methyl sites for hydroxylation is 1. The predicted molar refractivity (Wildman–Crippen MR) is 68.2 cm³/mol. The van der Waals surface area contributed by atoms with Crippen LogP contribution < -0.4 is 5.32 Å². The van der Waals surface area contributed by atoms with Gasteiger partial charge in [0.15, 0.2) is 0 Å². The molecule has 3 heterocycles. The van der Waals surface area contributed by atoms with Gasteiger partial charge in [-0.15, -0.1) is 0 Å².